The van der Waals surface area contributed by atoms with Crippen LogP contribution in [-0.4, -0.2) is 23.2 Å². The van der Waals surface area contributed by atoms with Crippen LogP contribution in [0.1, 0.15) is 27.2 Å². The zero-order chi connectivity index (χ0) is 14.5. The van der Waals surface area contributed by atoms with Crippen molar-refractivity contribution in [1.82, 2.24) is 5.32 Å². The number of carbonyl (C=O) groups excluding carboxylic acids is 1. The largest absolute Gasteiger partial charge is 0.368 e. The Morgan fingerprint density at radius 1 is 1.42 bits per heavy atom. The Kier molecular flexibility index (Phi) is 6.17. The van der Waals surface area contributed by atoms with Crippen LogP contribution < -0.4 is 11.1 Å². The number of nitrogens with two attached hydrogens (primary N) is 1. The Hall–Kier alpha value is -0.710. The summed E-state index contributed by atoms with van der Waals surface area (Å²) in [7, 11) is 0. The number of carbonyl (C=O) groups is 1. The quantitative estimate of drug-likeness (QED) is 0.761. The Morgan fingerprint density at radius 3 is 2.47 bits per heavy atom. The number of rotatable bonds is 7. The molecule has 0 saturated heterocycles. The lowest BCUT2D eigenvalue weighted by molar-refractivity contribution is -0.124. The van der Waals surface area contributed by atoms with Crippen LogP contribution in [-0.2, 0) is 4.79 Å². The molecule has 1 atom stereocenters. The number of primary amides is 1. The van der Waals surface area contributed by atoms with Crippen LogP contribution in [0.4, 0.5) is 0 Å². The van der Waals surface area contributed by atoms with Crippen LogP contribution in [0.2, 0.25) is 5.02 Å². The third-order valence-electron chi connectivity index (χ3n) is 2.84. The van der Waals surface area contributed by atoms with E-state index in [1.165, 1.54) is 0 Å². The molecule has 106 valence electrons. The van der Waals surface area contributed by atoms with Crippen molar-refractivity contribution in [2.75, 3.05) is 5.75 Å². The molecule has 0 aliphatic heterocycles. The van der Waals surface area contributed by atoms with Crippen molar-refractivity contribution in [3.8, 4) is 0 Å². The van der Waals surface area contributed by atoms with Crippen molar-refractivity contribution in [1.29, 1.82) is 0 Å². The maximum absolute atomic E-state index is 11.6. The smallest absolute Gasteiger partial charge is 0.237 e. The second-order valence-corrected chi connectivity index (χ2v) is 6.65. The van der Waals surface area contributed by atoms with Gasteiger partial charge in [0.05, 0.1) is 5.54 Å². The van der Waals surface area contributed by atoms with Gasteiger partial charge in [-0.15, -0.1) is 11.8 Å². The predicted molar refractivity (Wildman–Crippen MR) is 82.7 cm³/mol. The van der Waals surface area contributed by atoms with E-state index in [0.29, 0.717) is 6.42 Å². The van der Waals surface area contributed by atoms with Crippen molar-refractivity contribution in [3.63, 3.8) is 0 Å². The van der Waals surface area contributed by atoms with Gasteiger partial charge in [0.15, 0.2) is 0 Å². The van der Waals surface area contributed by atoms with Crippen molar-refractivity contribution < 1.29 is 4.79 Å². The zero-order valence-corrected chi connectivity index (χ0v) is 13.1. The maximum Gasteiger partial charge on any atom is 0.237 e. The molecule has 0 aliphatic rings. The minimum absolute atomic E-state index is 0.220. The first-order chi connectivity index (χ1) is 8.83. The average Bonchev–Trinajstić information content (AvgIpc) is 2.30. The summed E-state index contributed by atoms with van der Waals surface area (Å²) in [6.07, 6.45) is 0.688. The lowest BCUT2D eigenvalue weighted by atomic mass is 9.97. The van der Waals surface area contributed by atoms with E-state index in [4.69, 9.17) is 17.3 Å². The standard InChI is InChI=1S/C14H21ClN2OS/c1-10(2)17-14(3,13(16)18)8-9-19-12-6-4-11(15)5-7-12/h4-7,10,17H,8-9H2,1-3H3,(H2,16,18). The highest BCUT2D eigenvalue weighted by Crippen LogP contribution is 2.23. The van der Waals surface area contributed by atoms with Crippen molar-refractivity contribution in [2.24, 2.45) is 5.73 Å². The van der Waals surface area contributed by atoms with Gasteiger partial charge in [-0.3, -0.25) is 4.79 Å². The van der Waals surface area contributed by atoms with Crippen LogP contribution in [0.25, 0.3) is 0 Å². The Bertz CT molecular complexity index is 422. The van der Waals surface area contributed by atoms with E-state index in [1.54, 1.807) is 11.8 Å². The topological polar surface area (TPSA) is 55.1 Å². The number of nitrogens with one attached hydrogen (secondary N) is 1. The van der Waals surface area contributed by atoms with Gasteiger partial charge in [0.1, 0.15) is 0 Å². The molecule has 0 bridgehead atoms. The second-order valence-electron chi connectivity index (χ2n) is 5.05. The third-order valence-corrected chi connectivity index (χ3v) is 4.10. The first kappa shape index (κ1) is 16.3. The molecular weight excluding hydrogens is 280 g/mol. The molecule has 3 nitrogen and oxygen atoms in total. The SMILES string of the molecule is CC(C)NC(C)(CCSc1ccc(Cl)cc1)C(N)=O. The minimum Gasteiger partial charge on any atom is -0.368 e. The summed E-state index contributed by atoms with van der Waals surface area (Å²) in [6.45, 7) is 5.87. The van der Waals surface area contributed by atoms with Crippen LogP contribution in [0.3, 0.4) is 0 Å². The van der Waals surface area contributed by atoms with E-state index in [9.17, 15) is 4.79 Å². The molecule has 0 spiro atoms. The normalized spacial score (nSPS) is 14.4. The molecule has 1 aromatic rings. The fourth-order valence-electron chi connectivity index (χ4n) is 1.81. The second kappa shape index (κ2) is 7.17. The van der Waals surface area contributed by atoms with Crippen molar-refractivity contribution in [2.45, 2.75) is 43.7 Å². The average molecular weight is 301 g/mol. The molecule has 1 rings (SSSR count). The van der Waals surface area contributed by atoms with Gasteiger partial charge in [-0.25, -0.2) is 0 Å². The van der Waals surface area contributed by atoms with Gasteiger partial charge in [0.2, 0.25) is 5.91 Å². The Morgan fingerprint density at radius 2 is 2.00 bits per heavy atom. The van der Waals surface area contributed by atoms with E-state index in [1.807, 2.05) is 45.0 Å². The molecule has 0 radical (unpaired) electrons. The highest BCUT2D eigenvalue weighted by atomic mass is 35.5. The fourth-order valence-corrected chi connectivity index (χ4v) is 3.01. The van der Waals surface area contributed by atoms with Gasteiger partial charge in [-0.1, -0.05) is 11.6 Å². The monoisotopic (exact) mass is 300 g/mol. The molecule has 0 heterocycles. The van der Waals surface area contributed by atoms with Crippen molar-refractivity contribution in [3.05, 3.63) is 29.3 Å². The van der Waals surface area contributed by atoms with E-state index < -0.39 is 5.54 Å². The number of hydrogen-bond acceptors (Lipinski definition) is 3. The predicted octanol–water partition coefficient (Wildman–Crippen LogP) is 3.06. The molecule has 0 aliphatic carbocycles. The lowest BCUT2D eigenvalue weighted by Gasteiger charge is -2.29. The molecule has 5 heteroatoms. The van der Waals surface area contributed by atoms with Gasteiger partial charge in [0.25, 0.3) is 0 Å². The van der Waals surface area contributed by atoms with Gasteiger partial charge >= 0.3 is 0 Å². The summed E-state index contributed by atoms with van der Waals surface area (Å²) < 4.78 is 0. The van der Waals surface area contributed by atoms with E-state index in [-0.39, 0.29) is 11.9 Å². The summed E-state index contributed by atoms with van der Waals surface area (Å²) in [4.78, 5) is 12.7. The summed E-state index contributed by atoms with van der Waals surface area (Å²) in [5.41, 5.74) is 4.83. The van der Waals surface area contributed by atoms with Gasteiger partial charge in [0, 0.05) is 21.7 Å². The van der Waals surface area contributed by atoms with Crippen LogP contribution in [0.15, 0.2) is 29.2 Å². The van der Waals surface area contributed by atoms with E-state index in [0.717, 1.165) is 15.7 Å². The highest BCUT2D eigenvalue weighted by Gasteiger charge is 2.30. The first-order valence-corrected chi connectivity index (χ1v) is 7.66. The van der Waals surface area contributed by atoms with E-state index in [2.05, 4.69) is 5.32 Å². The summed E-state index contributed by atoms with van der Waals surface area (Å²) in [5, 5.41) is 3.97. The van der Waals surface area contributed by atoms with Crippen LogP contribution in [0, 0.1) is 0 Å². The fraction of sp³-hybridized carbons (Fsp3) is 0.500. The number of hydrogen-bond donors (Lipinski definition) is 2. The minimum atomic E-state index is -0.659. The van der Waals surface area contributed by atoms with Gasteiger partial charge in [-0.05, 0) is 51.5 Å². The highest BCUT2D eigenvalue weighted by molar-refractivity contribution is 7.99. The number of amides is 1. The maximum atomic E-state index is 11.6. The summed E-state index contributed by atoms with van der Waals surface area (Å²) >= 11 is 7.53. The Balaban J connectivity index is 2.53. The molecule has 0 fully saturated rings. The molecule has 0 aromatic heterocycles. The van der Waals surface area contributed by atoms with Gasteiger partial charge in [-0.2, -0.15) is 0 Å². The number of benzene rings is 1. The molecule has 3 N–H and O–H groups in total. The van der Waals surface area contributed by atoms with Gasteiger partial charge < -0.3 is 11.1 Å². The summed E-state index contributed by atoms with van der Waals surface area (Å²) in [6, 6.07) is 7.90. The zero-order valence-electron chi connectivity index (χ0n) is 11.6. The van der Waals surface area contributed by atoms with Crippen LogP contribution in [0.5, 0.6) is 0 Å². The Labute approximate surface area is 124 Å². The molecular formula is C14H21ClN2OS. The molecule has 0 saturated carbocycles. The number of halogens is 1. The molecule has 1 aromatic carbocycles. The third kappa shape index (κ3) is 5.43. The summed E-state index contributed by atoms with van der Waals surface area (Å²) in [5.74, 6) is 0.513. The first-order valence-electron chi connectivity index (χ1n) is 6.29. The molecule has 1 unspecified atom stereocenters. The molecule has 1 amide bonds. The lowest BCUT2D eigenvalue weighted by Crippen LogP contribution is -2.55. The molecule has 19 heavy (non-hydrogen) atoms. The van der Waals surface area contributed by atoms with Crippen molar-refractivity contribution >= 4 is 29.3 Å². The van der Waals surface area contributed by atoms with Crippen LogP contribution >= 0.6 is 23.4 Å². The van der Waals surface area contributed by atoms with E-state index >= 15 is 0 Å². The number of thioether (sulfide) groups is 1.